The lowest BCUT2D eigenvalue weighted by atomic mass is 10.0. The molecular formula is C18H22N2O4. The average molecular weight is 330 g/mol. The van der Waals surface area contributed by atoms with Crippen molar-refractivity contribution >= 4 is 5.69 Å². The molecule has 0 heterocycles. The maximum atomic E-state index is 11.0. The summed E-state index contributed by atoms with van der Waals surface area (Å²) < 4.78 is 4.99. The zero-order chi connectivity index (χ0) is 17.5. The van der Waals surface area contributed by atoms with Crippen molar-refractivity contribution in [2.45, 2.75) is 32.0 Å². The Bertz CT molecular complexity index is 676. The number of methoxy groups -OCH3 is 1. The molecule has 2 unspecified atom stereocenters. The Morgan fingerprint density at radius 3 is 2.54 bits per heavy atom. The average Bonchev–Trinajstić information content (AvgIpc) is 2.60. The van der Waals surface area contributed by atoms with Gasteiger partial charge in [-0.1, -0.05) is 36.4 Å². The van der Waals surface area contributed by atoms with Crippen molar-refractivity contribution in [3.05, 3.63) is 69.8 Å². The number of nitro groups is 1. The Morgan fingerprint density at radius 2 is 1.92 bits per heavy atom. The summed E-state index contributed by atoms with van der Waals surface area (Å²) >= 11 is 0. The molecule has 24 heavy (non-hydrogen) atoms. The minimum absolute atomic E-state index is 0.0608. The molecule has 0 saturated heterocycles. The molecule has 0 fully saturated rings. The Balaban J connectivity index is 1.94. The van der Waals surface area contributed by atoms with Gasteiger partial charge in [-0.05, 0) is 30.5 Å². The number of hydrogen-bond acceptors (Lipinski definition) is 5. The van der Waals surface area contributed by atoms with Gasteiger partial charge in [0, 0.05) is 18.7 Å². The van der Waals surface area contributed by atoms with Crippen LogP contribution in [0.1, 0.15) is 18.1 Å². The first-order chi connectivity index (χ1) is 11.5. The fourth-order valence-corrected chi connectivity index (χ4v) is 2.44. The molecule has 6 nitrogen and oxygen atoms in total. The molecule has 2 aromatic rings. The highest BCUT2D eigenvalue weighted by atomic mass is 16.6. The molecular weight excluding hydrogens is 308 g/mol. The van der Waals surface area contributed by atoms with E-state index in [-0.39, 0.29) is 17.5 Å². The van der Waals surface area contributed by atoms with E-state index in [2.05, 4.69) is 5.32 Å². The van der Waals surface area contributed by atoms with Crippen molar-refractivity contribution in [2.75, 3.05) is 7.11 Å². The van der Waals surface area contributed by atoms with Gasteiger partial charge >= 0.3 is 5.69 Å². The monoisotopic (exact) mass is 330 g/mol. The normalized spacial score (nSPS) is 13.3. The molecule has 0 spiro atoms. The number of ether oxygens (including phenoxy) is 1. The summed E-state index contributed by atoms with van der Waals surface area (Å²) in [7, 11) is 1.41. The third kappa shape index (κ3) is 4.78. The lowest BCUT2D eigenvalue weighted by molar-refractivity contribution is -0.385. The molecule has 2 aromatic carbocycles. The quantitative estimate of drug-likeness (QED) is 0.574. The SMILES string of the molecule is COc1ccc(CNC(C)C(O)Cc2ccccc2)cc1[N+](=O)[O-]. The number of rotatable bonds is 8. The van der Waals surface area contributed by atoms with Crippen LogP contribution in [0.5, 0.6) is 5.75 Å². The highest BCUT2D eigenvalue weighted by Gasteiger charge is 2.17. The van der Waals surface area contributed by atoms with Crippen LogP contribution in [-0.2, 0) is 13.0 Å². The Morgan fingerprint density at radius 1 is 1.21 bits per heavy atom. The summed E-state index contributed by atoms with van der Waals surface area (Å²) in [6.07, 6.45) is 0.0123. The van der Waals surface area contributed by atoms with Crippen molar-refractivity contribution in [1.29, 1.82) is 0 Å². The van der Waals surface area contributed by atoms with Crippen LogP contribution in [0.4, 0.5) is 5.69 Å². The van der Waals surface area contributed by atoms with E-state index in [0.29, 0.717) is 13.0 Å². The summed E-state index contributed by atoms with van der Waals surface area (Å²) in [6, 6.07) is 14.5. The summed E-state index contributed by atoms with van der Waals surface area (Å²) in [6.45, 7) is 2.32. The second-order valence-corrected chi connectivity index (χ2v) is 5.69. The molecule has 0 aliphatic heterocycles. The molecule has 0 amide bonds. The standard InChI is InChI=1S/C18H22N2O4/c1-13(17(21)11-14-6-4-3-5-7-14)19-12-15-8-9-18(24-2)16(10-15)20(22)23/h3-10,13,17,19,21H,11-12H2,1-2H3. The van der Waals surface area contributed by atoms with Crippen LogP contribution in [0, 0.1) is 10.1 Å². The smallest absolute Gasteiger partial charge is 0.311 e. The van der Waals surface area contributed by atoms with E-state index in [4.69, 9.17) is 4.74 Å². The first kappa shape index (κ1) is 17.9. The summed E-state index contributed by atoms with van der Waals surface area (Å²) in [5, 5.41) is 24.5. The van der Waals surface area contributed by atoms with E-state index >= 15 is 0 Å². The van der Waals surface area contributed by atoms with Gasteiger partial charge in [0.1, 0.15) is 0 Å². The fourth-order valence-electron chi connectivity index (χ4n) is 2.44. The van der Waals surface area contributed by atoms with Gasteiger partial charge in [0.2, 0.25) is 0 Å². The van der Waals surface area contributed by atoms with Gasteiger partial charge in [-0.2, -0.15) is 0 Å². The Labute approximate surface area is 141 Å². The van der Waals surface area contributed by atoms with E-state index in [9.17, 15) is 15.2 Å². The van der Waals surface area contributed by atoms with Gasteiger partial charge < -0.3 is 15.2 Å². The summed E-state index contributed by atoms with van der Waals surface area (Å²) in [5.41, 5.74) is 1.77. The van der Waals surface area contributed by atoms with Crippen molar-refractivity contribution < 1.29 is 14.8 Å². The molecule has 2 N–H and O–H groups in total. The Kier molecular flexibility index (Phi) is 6.28. The fraction of sp³-hybridized carbons (Fsp3) is 0.333. The van der Waals surface area contributed by atoms with Crippen molar-refractivity contribution in [3.63, 3.8) is 0 Å². The number of nitrogens with zero attached hydrogens (tertiary/aromatic N) is 1. The predicted molar refractivity (Wildman–Crippen MR) is 92.1 cm³/mol. The van der Waals surface area contributed by atoms with E-state index in [1.807, 2.05) is 37.3 Å². The molecule has 2 rings (SSSR count). The number of nitrogens with one attached hydrogen (secondary N) is 1. The van der Waals surface area contributed by atoms with Gasteiger partial charge in [0.25, 0.3) is 0 Å². The molecule has 128 valence electrons. The van der Waals surface area contributed by atoms with E-state index in [0.717, 1.165) is 11.1 Å². The van der Waals surface area contributed by atoms with Crippen LogP contribution >= 0.6 is 0 Å². The first-order valence-corrected chi connectivity index (χ1v) is 7.78. The Hall–Kier alpha value is -2.44. The lowest BCUT2D eigenvalue weighted by Gasteiger charge is -2.20. The van der Waals surface area contributed by atoms with Gasteiger partial charge in [-0.25, -0.2) is 0 Å². The second-order valence-electron chi connectivity index (χ2n) is 5.69. The maximum Gasteiger partial charge on any atom is 0.311 e. The molecule has 0 radical (unpaired) electrons. The van der Waals surface area contributed by atoms with Crippen LogP contribution in [-0.4, -0.2) is 29.3 Å². The zero-order valence-corrected chi connectivity index (χ0v) is 13.8. The number of aliphatic hydroxyl groups is 1. The molecule has 0 aliphatic carbocycles. The van der Waals surface area contributed by atoms with Crippen LogP contribution in [0.15, 0.2) is 48.5 Å². The number of aliphatic hydroxyl groups excluding tert-OH is 1. The highest BCUT2D eigenvalue weighted by molar-refractivity contribution is 5.48. The number of nitro benzene ring substituents is 1. The van der Waals surface area contributed by atoms with E-state index in [1.54, 1.807) is 12.1 Å². The third-order valence-electron chi connectivity index (χ3n) is 3.93. The minimum atomic E-state index is -0.541. The molecule has 0 aliphatic rings. The summed E-state index contributed by atoms with van der Waals surface area (Å²) in [4.78, 5) is 10.6. The predicted octanol–water partition coefficient (Wildman–Crippen LogP) is 2.69. The minimum Gasteiger partial charge on any atom is -0.490 e. The van der Waals surface area contributed by atoms with Crippen LogP contribution in [0.2, 0.25) is 0 Å². The lowest BCUT2D eigenvalue weighted by Crippen LogP contribution is -2.38. The number of hydrogen-bond donors (Lipinski definition) is 2. The molecule has 0 bridgehead atoms. The van der Waals surface area contributed by atoms with E-state index < -0.39 is 11.0 Å². The van der Waals surface area contributed by atoms with Crippen molar-refractivity contribution in [2.24, 2.45) is 0 Å². The van der Waals surface area contributed by atoms with Gasteiger partial charge in [-0.3, -0.25) is 10.1 Å². The molecule has 6 heteroatoms. The topological polar surface area (TPSA) is 84.6 Å². The maximum absolute atomic E-state index is 11.0. The molecule has 2 atom stereocenters. The number of benzene rings is 2. The third-order valence-corrected chi connectivity index (χ3v) is 3.93. The van der Waals surface area contributed by atoms with Gasteiger partial charge in [0.05, 0.1) is 18.1 Å². The van der Waals surface area contributed by atoms with Crippen LogP contribution < -0.4 is 10.1 Å². The first-order valence-electron chi connectivity index (χ1n) is 7.78. The summed E-state index contributed by atoms with van der Waals surface area (Å²) in [5.74, 6) is 0.237. The van der Waals surface area contributed by atoms with Crippen LogP contribution in [0.25, 0.3) is 0 Å². The van der Waals surface area contributed by atoms with Crippen molar-refractivity contribution in [1.82, 2.24) is 5.32 Å². The molecule has 0 aromatic heterocycles. The zero-order valence-electron chi connectivity index (χ0n) is 13.8. The van der Waals surface area contributed by atoms with Crippen LogP contribution in [0.3, 0.4) is 0 Å². The van der Waals surface area contributed by atoms with E-state index in [1.165, 1.54) is 13.2 Å². The van der Waals surface area contributed by atoms with Gasteiger partial charge in [-0.15, -0.1) is 0 Å². The van der Waals surface area contributed by atoms with Gasteiger partial charge in [0.15, 0.2) is 5.75 Å². The highest BCUT2D eigenvalue weighted by Crippen LogP contribution is 2.27. The largest absolute Gasteiger partial charge is 0.490 e. The second kappa shape index (κ2) is 8.42. The molecule has 0 saturated carbocycles. The van der Waals surface area contributed by atoms with Crippen molar-refractivity contribution in [3.8, 4) is 5.75 Å².